The van der Waals surface area contributed by atoms with Crippen molar-refractivity contribution in [1.29, 1.82) is 0 Å². The van der Waals surface area contributed by atoms with Gasteiger partial charge in [-0.1, -0.05) is 30.3 Å². The lowest BCUT2D eigenvalue weighted by atomic mass is 10.1. The highest BCUT2D eigenvalue weighted by Crippen LogP contribution is 2.12. The first-order valence-electron chi connectivity index (χ1n) is 9.38. The molecule has 3 rings (SSSR count). The number of nitrogens with zero attached hydrogens (tertiary/aromatic N) is 3. The molecule has 2 saturated heterocycles. The molecule has 1 atom stereocenters. The highest BCUT2D eigenvalue weighted by Gasteiger charge is 2.31. The number of hydrogen-bond acceptors (Lipinski definition) is 5. The molecule has 2 heterocycles. The molecule has 1 aromatic rings. The first kappa shape index (κ1) is 19.9. The molecule has 0 radical (unpaired) electrons. The van der Waals surface area contributed by atoms with Gasteiger partial charge in [0.1, 0.15) is 0 Å². The molecule has 0 aliphatic carbocycles. The van der Waals surface area contributed by atoms with E-state index in [1.54, 1.807) is 34.1 Å². The van der Waals surface area contributed by atoms with Crippen LogP contribution in [0.5, 0.6) is 0 Å². The van der Waals surface area contributed by atoms with Crippen LogP contribution in [0, 0.1) is 0 Å². The molecule has 9 nitrogen and oxygen atoms in total. The minimum Gasteiger partial charge on any atom is -0.478 e. The molecule has 0 bridgehead atoms. The van der Waals surface area contributed by atoms with Crippen LogP contribution < -0.4 is 0 Å². The maximum Gasteiger partial charge on any atom is 0.410 e. The number of amides is 3. The van der Waals surface area contributed by atoms with Crippen molar-refractivity contribution < 1.29 is 29.0 Å². The fraction of sp³-hybridized carbons (Fsp3) is 0.526. The van der Waals surface area contributed by atoms with Crippen molar-refractivity contribution in [3.63, 3.8) is 0 Å². The van der Waals surface area contributed by atoms with Crippen molar-refractivity contribution >= 4 is 18.1 Å². The zero-order chi connectivity index (χ0) is 19.9. The van der Waals surface area contributed by atoms with E-state index in [1.807, 2.05) is 6.07 Å². The fourth-order valence-electron chi connectivity index (χ4n) is 3.24. The van der Waals surface area contributed by atoms with Gasteiger partial charge in [-0.2, -0.15) is 0 Å². The predicted octanol–water partition coefficient (Wildman–Crippen LogP) is 0.889. The maximum absolute atomic E-state index is 12.5. The molecule has 1 aromatic carbocycles. The molecule has 0 spiro atoms. The summed E-state index contributed by atoms with van der Waals surface area (Å²) < 4.78 is 10.5. The molecule has 2 aliphatic rings. The van der Waals surface area contributed by atoms with Crippen molar-refractivity contribution in [2.45, 2.75) is 12.5 Å². The minimum atomic E-state index is -1.25. The van der Waals surface area contributed by atoms with Gasteiger partial charge in [0.15, 0.2) is 0 Å². The van der Waals surface area contributed by atoms with Gasteiger partial charge in [0, 0.05) is 45.7 Å². The van der Waals surface area contributed by atoms with Crippen LogP contribution in [0.15, 0.2) is 30.3 Å². The third kappa shape index (κ3) is 5.13. The van der Waals surface area contributed by atoms with Crippen molar-refractivity contribution in [2.75, 3.05) is 52.5 Å². The van der Waals surface area contributed by atoms with Crippen LogP contribution in [0.1, 0.15) is 5.56 Å². The Morgan fingerprint density at radius 2 is 1.50 bits per heavy atom. The maximum atomic E-state index is 12.5. The largest absolute Gasteiger partial charge is 0.478 e. The highest BCUT2D eigenvalue weighted by atomic mass is 16.6. The second kappa shape index (κ2) is 9.41. The summed E-state index contributed by atoms with van der Waals surface area (Å²) in [4.78, 5) is 41.2. The molecule has 152 valence electrons. The zero-order valence-corrected chi connectivity index (χ0v) is 15.7. The van der Waals surface area contributed by atoms with Gasteiger partial charge in [0.2, 0.25) is 6.10 Å². The van der Waals surface area contributed by atoms with Crippen LogP contribution >= 0.6 is 0 Å². The number of carboxylic acids is 1. The molecule has 9 heteroatoms. The van der Waals surface area contributed by atoms with E-state index in [0.29, 0.717) is 52.5 Å². The Labute approximate surface area is 163 Å². The number of benzene rings is 1. The number of carbonyl (C=O) groups excluding carboxylic acids is 2. The monoisotopic (exact) mass is 391 g/mol. The molecule has 0 saturated carbocycles. The number of morpholine rings is 1. The average Bonchev–Trinajstić information content (AvgIpc) is 2.74. The molecule has 28 heavy (non-hydrogen) atoms. The topological polar surface area (TPSA) is 99.6 Å². The van der Waals surface area contributed by atoms with E-state index in [1.165, 1.54) is 4.90 Å². The van der Waals surface area contributed by atoms with E-state index in [2.05, 4.69) is 0 Å². The quantitative estimate of drug-likeness (QED) is 0.818. The Hall–Kier alpha value is -2.81. The number of carbonyl (C=O) groups is 3. The summed E-state index contributed by atoms with van der Waals surface area (Å²) in [6.07, 6.45) is -1.80. The van der Waals surface area contributed by atoms with Crippen LogP contribution in [0.4, 0.5) is 9.59 Å². The van der Waals surface area contributed by atoms with Gasteiger partial charge >= 0.3 is 18.1 Å². The van der Waals surface area contributed by atoms with E-state index in [-0.39, 0.29) is 12.5 Å². The number of carboxylic acid groups (broad SMARTS) is 1. The van der Waals surface area contributed by atoms with Crippen LogP contribution in [0.3, 0.4) is 0 Å². The minimum absolute atomic E-state index is 0.0520. The van der Waals surface area contributed by atoms with Gasteiger partial charge in [-0.3, -0.25) is 0 Å². The number of rotatable bonds is 4. The summed E-state index contributed by atoms with van der Waals surface area (Å²) in [5.74, 6) is -1.18. The number of ether oxygens (including phenoxy) is 2. The number of piperazine rings is 1. The second-order valence-electron chi connectivity index (χ2n) is 6.76. The molecular formula is C19H25N3O6. The van der Waals surface area contributed by atoms with E-state index in [0.717, 1.165) is 5.56 Å². The lowest BCUT2D eigenvalue weighted by Crippen LogP contribution is -2.56. The van der Waals surface area contributed by atoms with Crippen LogP contribution in [-0.2, 0) is 20.7 Å². The number of aliphatic carboxylic acids is 1. The summed E-state index contributed by atoms with van der Waals surface area (Å²) in [6, 6.07) is 8.98. The summed E-state index contributed by atoms with van der Waals surface area (Å²) in [7, 11) is 0. The highest BCUT2D eigenvalue weighted by molar-refractivity contribution is 5.78. The van der Waals surface area contributed by atoms with Gasteiger partial charge in [-0.25, -0.2) is 14.4 Å². The first-order chi connectivity index (χ1) is 13.5. The van der Waals surface area contributed by atoms with Gasteiger partial charge in [0.25, 0.3) is 0 Å². The SMILES string of the molecule is O=C(O)[C@H](Cc1ccccc1)OC(=O)N1CCN(C(=O)N2CCOCC2)CC1. The van der Waals surface area contributed by atoms with Crippen LogP contribution in [0.2, 0.25) is 0 Å². The van der Waals surface area contributed by atoms with Crippen LogP contribution in [0.25, 0.3) is 0 Å². The van der Waals surface area contributed by atoms with E-state index in [4.69, 9.17) is 9.47 Å². The Morgan fingerprint density at radius 1 is 0.929 bits per heavy atom. The van der Waals surface area contributed by atoms with Gasteiger partial charge in [-0.05, 0) is 5.56 Å². The third-order valence-corrected chi connectivity index (χ3v) is 4.87. The smallest absolute Gasteiger partial charge is 0.410 e. The van der Waals surface area contributed by atoms with Crippen molar-refractivity contribution in [3.8, 4) is 0 Å². The lowest BCUT2D eigenvalue weighted by Gasteiger charge is -2.38. The summed E-state index contributed by atoms with van der Waals surface area (Å²) in [5, 5.41) is 9.38. The van der Waals surface area contributed by atoms with E-state index >= 15 is 0 Å². The summed E-state index contributed by atoms with van der Waals surface area (Å²) in [5.41, 5.74) is 0.781. The Kier molecular flexibility index (Phi) is 6.70. The molecule has 2 fully saturated rings. The normalized spacial score (nSPS) is 18.5. The number of hydrogen-bond donors (Lipinski definition) is 1. The van der Waals surface area contributed by atoms with Crippen molar-refractivity contribution in [2.24, 2.45) is 0 Å². The average molecular weight is 391 g/mol. The molecule has 2 aliphatic heterocycles. The molecular weight excluding hydrogens is 366 g/mol. The predicted molar refractivity (Wildman–Crippen MR) is 99.0 cm³/mol. The molecule has 3 amide bonds. The van der Waals surface area contributed by atoms with Crippen LogP contribution in [-0.4, -0.2) is 96.5 Å². The fourth-order valence-corrected chi connectivity index (χ4v) is 3.24. The Bertz CT molecular complexity index is 684. The van der Waals surface area contributed by atoms with Gasteiger partial charge in [0.05, 0.1) is 13.2 Å². The van der Waals surface area contributed by atoms with Gasteiger partial charge in [-0.15, -0.1) is 0 Å². The third-order valence-electron chi connectivity index (χ3n) is 4.87. The lowest BCUT2D eigenvalue weighted by molar-refractivity contribution is -0.147. The van der Waals surface area contributed by atoms with Crippen molar-refractivity contribution in [1.82, 2.24) is 14.7 Å². The molecule has 0 unspecified atom stereocenters. The first-order valence-corrected chi connectivity index (χ1v) is 9.38. The standard InChI is InChI=1S/C19H25N3O6/c23-17(24)16(14-15-4-2-1-3-5-15)28-19(26)22-8-6-20(7-9-22)18(25)21-10-12-27-13-11-21/h1-5,16H,6-14H2,(H,23,24)/t16-/m0/s1. The zero-order valence-electron chi connectivity index (χ0n) is 15.7. The second-order valence-corrected chi connectivity index (χ2v) is 6.76. The Balaban J connectivity index is 1.49. The molecule has 1 N–H and O–H groups in total. The van der Waals surface area contributed by atoms with Crippen molar-refractivity contribution in [3.05, 3.63) is 35.9 Å². The number of urea groups is 1. The van der Waals surface area contributed by atoms with E-state index in [9.17, 15) is 19.5 Å². The summed E-state index contributed by atoms with van der Waals surface area (Å²) in [6.45, 7) is 3.62. The van der Waals surface area contributed by atoms with Gasteiger partial charge < -0.3 is 29.3 Å². The van der Waals surface area contributed by atoms with E-state index < -0.39 is 18.2 Å². The molecule has 0 aromatic heterocycles. The summed E-state index contributed by atoms with van der Waals surface area (Å²) >= 11 is 0. The Morgan fingerprint density at radius 3 is 2.11 bits per heavy atom.